The molecule has 0 fully saturated rings. The molecule has 21 heavy (non-hydrogen) atoms. The van der Waals surface area contributed by atoms with E-state index in [1.807, 2.05) is 28.3 Å². The summed E-state index contributed by atoms with van der Waals surface area (Å²) in [4.78, 5) is 7.34. The van der Waals surface area contributed by atoms with Crippen molar-refractivity contribution in [2.24, 2.45) is 0 Å². The van der Waals surface area contributed by atoms with Gasteiger partial charge in [-0.1, -0.05) is 0 Å². The van der Waals surface area contributed by atoms with E-state index in [1.165, 1.54) is 6.07 Å². The molecule has 0 bridgehead atoms. The summed E-state index contributed by atoms with van der Waals surface area (Å²) in [5.74, 6) is -0.233. The number of imidazole rings is 1. The first-order valence-corrected chi connectivity index (χ1v) is 7.67. The predicted octanol–water partition coefficient (Wildman–Crippen LogP) is 4.75. The van der Waals surface area contributed by atoms with Gasteiger partial charge in [0.1, 0.15) is 5.82 Å². The lowest BCUT2D eigenvalue weighted by atomic mass is 10.2. The molecule has 6 heteroatoms. The summed E-state index contributed by atoms with van der Waals surface area (Å²) in [7, 11) is 0. The normalized spacial score (nSPS) is 11.5. The molecule has 0 aliphatic heterocycles. The van der Waals surface area contributed by atoms with Crippen molar-refractivity contribution >= 4 is 44.8 Å². The van der Waals surface area contributed by atoms with Crippen LogP contribution in [0.1, 0.15) is 5.56 Å². The van der Waals surface area contributed by atoms with Crippen molar-refractivity contribution in [3.05, 3.63) is 52.0 Å². The van der Waals surface area contributed by atoms with Gasteiger partial charge in [-0.05, 0) is 55.0 Å². The molecule has 2 aromatic heterocycles. The monoisotopic (exact) mass is 315 g/mol. The van der Waals surface area contributed by atoms with Crippen LogP contribution < -0.4 is 0 Å². The number of halogens is 1. The molecule has 0 unspecified atom stereocenters. The minimum atomic E-state index is -0.233. The van der Waals surface area contributed by atoms with E-state index in [-0.39, 0.29) is 5.82 Å². The second-order valence-corrected chi connectivity index (χ2v) is 6.16. The third-order valence-electron chi connectivity index (χ3n) is 3.54. The van der Waals surface area contributed by atoms with Crippen molar-refractivity contribution in [2.75, 3.05) is 0 Å². The molecule has 1 N–H and O–H groups in total. The first-order chi connectivity index (χ1) is 10.1. The number of H-pyrrole nitrogens is 1. The molecular formula is C15H10FN3S2. The highest BCUT2D eigenvalue weighted by molar-refractivity contribution is 7.71. The SMILES string of the molecule is Cc1cc2c(cc1F)[nH]c(=S)n2-c1ccc2ncsc2c1. The Hall–Kier alpha value is -2.05. The van der Waals surface area contributed by atoms with Crippen molar-refractivity contribution in [3.8, 4) is 5.69 Å². The highest BCUT2D eigenvalue weighted by Gasteiger charge is 2.10. The van der Waals surface area contributed by atoms with Crippen LogP contribution in [0.5, 0.6) is 0 Å². The molecule has 104 valence electrons. The zero-order chi connectivity index (χ0) is 14.6. The summed E-state index contributed by atoms with van der Waals surface area (Å²) in [6.45, 7) is 1.75. The van der Waals surface area contributed by atoms with Gasteiger partial charge in [0.05, 0.1) is 26.8 Å². The zero-order valence-corrected chi connectivity index (χ0v) is 12.7. The van der Waals surface area contributed by atoms with Gasteiger partial charge in [0.2, 0.25) is 0 Å². The standard InChI is InChI=1S/C15H10FN3S2/c1-8-4-13-12(6-10(8)16)18-15(20)19(13)9-2-3-11-14(5-9)21-7-17-11/h2-7H,1H3,(H,18,20). The summed E-state index contributed by atoms with van der Waals surface area (Å²) in [5, 5.41) is 0. The highest BCUT2D eigenvalue weighted by Crippen LogP contribution is 2.26. The second kappa shape index (κ2) is 4.47. The van der Waals surface area contributed by atoms with E-state index in [1.54, 1.807) is 18.3 Å². The summed E-state index contributed by atoms with van der Waals surface area (Å²) in [6, 6.07) is 9.30. The Morgan fingerprint density at radius 2 is 2.14 bits per heavy atom. The Bertz CT molecular complexity index is 1040. The molecule has 0 amide bonds. The molecule has 0 spiro atoms. The number of fused-ring (bicyclic) bond motifs is 2. The van der Waals surface area contributed by atoms with E-state index in [0.29, 0.717) is 15.9 Å². The number of hydrogen-bond donors (Lipinski definition) is 1. The Labute approximate surface area is 128 Å². The van der Waals surface area contributed by atoms with Crippen LogP contribution in [-0.2, 0) is 0 Å². The molecule has 0 radical (unpaired) electrons. The Morgan fingerprint density at radius 3 is 3.00 bits per heavy atom. The van der Waals surface area contributed by atoms with Gasteiger partial charge in [0.25, 0.3) is 0 Å². The third kappa shape index (κ3) is 1.91. The van der Waals surface area contributed by atoms with E-state index in [9.17, 15) is 4.39 Å². The largest absolute Gasteiger partial charge is 0.330 e. The molecule has 4 aromatic rings. The topological polar surface area (TPSA) is 33.6 Å². The van der Waals surface area contributed by atoms with Crippen LogP contribution in [0, 0.1) is 17.5 Å². The fraction of sp³-hybridized carbons (Fsp3) is 0.0667. The number of benzene rings is 2. The Balaban J connectivity index is 2.06. The molecule has 2 heterocycles. The van der Waals surface area contributed by atoms with E-state index >= 15 is 0 Å². The molecule has 4 rings (SSSR count). The van der Waals surface area contributed by atoms with E-state index in [4.69, 9.17) is 12.2 Å². The average molecular weight is 315 g/mol. The fourth-order valence-electron chi connectivity index (χ4n) is 2.47. The average Bonchev–Trinajstić information content (AvgIpc) is 3.02. The van der Waals surface area contributed by atoms with Crippen molar-refractivity contribution in [3.63, 3.8) is 0 Å². The van der Waals surface area contributed by atoms with Crippen LogP contribution in [0.4, 0.5) is 4.39 Å². The predicted molar refractivity (Wildman–Crippen MR) is 86.3 cm³/mol. The number of hydrogen-bond acceptors (Lipinski definition) is 3. The van der Waals surface area contributed by atoms with Crippen LogP contribution in [-0.4, -0.2) is 14.5 Å². The number of rotatable bonds is 1. The first kappa shape index (κ1) is 12.7. The molecule has 0 saturated carbocycles. The maximum absolute atomic E-state index is 13.7. The lowest BCUT2D eigenvalue weighted by Gasteiger charge is -2.05. The number of nitrogens with zero attached hydrogens (tertiary/aromatic N) is 2. The van der Waals surface area contributed by atoms with Gasteiger partial charge in [0, 0.05) is 5.69 Å². The molecule has 0 saturated heterocycles. The van der Waals surface area contributed by atoms with Crippen molar-refractivity contribution < 1.29 is 4.39 Å². The summed E-state index contributed by atoms with van der Waals surface area (Å²) in [6.07, 6.45) is 0. The number of aromatic amines is 1. The van der Waals surface area contributed by atoms with Gasteiger partial charge >= 0.3 is 0 Å². The number of nitrogens with one attached hydrogen (secondary N) is 1. The smallest absolute Gasteiger partial charge is 0.182 e. The summed E-state index contributed by atoms with van der Waals surface area (Å²) in [5.41, 5.74) is 5.92. The van der Waals surface area contributed by atoms with E-state index in [2.05, 4.69) is 16.0 Å². The van der Waals surface area contributed by atoms with Gasteiger partial charge in [-0.25, -0.2) is 9.37 Å². The molecule has 0 aliphatic rings. The van der Waals surface area contributed by atoms with Crippen molar-refractivity contribution in [1.82, 2.24) is 14.5 Å². The molecule has 0 atom stereocenters. The van der Waals surface area contributed by atoms with Crippen molar-refractivity contribution in [2.45, 2.75) is 6.92 Å². The number of aryl methyl sites for hydroxylation is 1. The summed E-state index contributed by atoms with van der Waals surface area (Å²) < 4.78 is 17.3. The Morgan fingerprint density at radius 1 is 1.29 bits per heavy atom. The van der Waals surface area contributed by atoms with Crippen LogP contribution in [0.25, 0.3) is 26.9 Å². The fourth-order valence-corrected chi connectivity index (χ4v) is 3.49. The lowest BCUT2D eigenvalue weighted by Crippen LogP contribution is -1.94. The van der Waals surface area contributed by atoms with Gasteiger partial charge in [-0.15, -0.1) is 11.3 Å². The van der Waals surface area contributed by atoms with Crippen LogP contribution in [0.2, 0.25) is 0 Å². The van der Waals surface area contributed by atoms with Gasteiger partial charge in [-0.2, -0.15) is 0 Å². The van der Waals surface area contributed by atoms with Gasteiger partial charge < -0.3 is 4.98 Å². The highest BCUT2D eigenvalue weighted by atomic mass is 32.1. The van der Waals surface area contributed by atoms with E-state index < -0.39 is 0 Å². The molecule has 2 aromatic carbocycles. The first-order valence-electron chi connectivity index (χ1n) is 6.38. The third-order valence-corrected chi connectivity index (χ3v) is 4.61. The zero-order valence-electron chi connectivity index (χ0n) is 11.1. The second-order valence-electron chi connectivity index (χ2n) is 4.89. The van der Waals surface area contributed by atoms with Gasteiger partial charge in [0.15, 0.2) is 4.77 Å². The number of thiazole rings is 1. The minimum Gasteiger partial charge on any atom is -0.330 e. The maximum Gasteiger partial charge on any atom is 0.182 e. The molecule has 3 nitrogen and oxygen atoms in total. The summed E-state index contributed by atoms with van der Waals surface area (Å²) >= 11 is 6.98. The molecule has 0 aliphatic carbocycles. The Kier molecular flexibility index (Phi) is 2.70. The number of aromatic nitrogens is 3. The van der Waals surface area contributed by atoms with Crippen LogP contribution in [0.15, 0.2) is 35.8 Å². The molecular weight excluding hydrogens is 305 g/mol. The minimum absolute atomic E-state index is 0.233. The maximum atomic E-state index is 13.7. The van der Waals surface area contributed by atoms with Crippen LogP contribution in [0.3, 0.4) is 0 Å². The van der Waals surface area contributed by atoms with E-state index in [0.717, 1.165) is 21.4 Å². The lowest BCUT2D eigenvalue weighted by molar-refractivity contribution is 0.620. The quantitative estimate of drug-likeness (QED) is 0.514. The van der Waals surface area contributed by atoms with Crippen LogP contribution >= 0.6 is 23.6 Å². The van der Waals surface area contributed by atoms with Gasteiger partial charge in [-0.3, -0.25) is 4.57 Å². The van der Waals surface area contributed by atoms with Crippen molar-refractivity contribution in [1.29, 1.82) is 0 Å².